The van der Waals surface area contributed by atoms with E-state index in [0.29, 0.717) is 0 Å². The summed E-state index contributed by atoms with van der Waals surface area (Å²) in [4.78, 5) is -0.117. The molecule has 0 aliphatic carbocycles. The Hall–Kier alpha value is -0.750. The highest BCUT2D eigenvalue weighted by Crippen LogP contribution is 2.24. The number of halogens is 1. The van der Waals surface area contributed by atoms with Crippen molar-refractivity contribution < 1.29 is 13.2 Å². The van der Waals surface area contributed by atoms with Crippen molar-refractivity contribution in [1.29, 1.82) is 0 Å². The molecule has 1 aromatic heterocycles. The van der Waals surface area contributed by atoms with Gasteiger partial charge in [-0.1, -0.05) is 0 Å². The molecular weight excluding hydrogens is 204 g/mol. The molecule has 0 aromatic carbocycles. The number of aryl methyl sites for hydroxylation is 1. The lowest BCUT2D eigenvalue weighted by atomic mass is 10.7. The highest BCUT2D eigenvalue weighted by Gasteiger charge is 2.20. The monoisotopic (exact) mass is 210 g/mol. The molecule has 0 unspecified atom stereocenters. The fourth-order valence-electron chi connectivity index (χ4n) is 0.806. The molecule has 7 heteroatoms. The normalized spacial score (nSPS) is 11.6. The molecule has 1 aromatic rings. The minimum Gasteiger partial charge on any atom is -0.480 e. The predicted molar refractivity (Wildman–Crippen MR) is 42.8 cm³/mol. The second-order valence-corrected chi connectivity index (χ2v) is 4.61. The van der Waals surface area contributed by atoms with E-state index in [0.717, 1.165) is 6.20 Å². The molecule has 68 valence electrons. The van der Waals surface area contributed by atoms with Gasteiger partial charge >= 0.3 is 0 Å². The van der Waals surface area contributed by atoms with Crippen LogP contribution in [0.3, 0.4) is 0 Å². The number of hydrogen-bond donors (Lipinski definition) is 0. The van der Waals surface area contributed by atoms with Crippen LogP contribution in [-0.4, -0.2) is 25.3 Å². The van der Waals surface area contributed by atoms with Crippen LogP contribution in [0.5, 0.6) is 5.88 Å². The van der Waals surface area contributed by atoms with Crippen molar-refractivity contribution >= 4 is 19.7 Å². The van der Waals surface area contributed by atoms with Crippen LogP contribution in [-0.2, 0) is 16.1 Å². The number of nitrogens with zero attached hydrogens (tertiary/aromatic N) is 2. The summed E-state index contributed by atoms with van der Waals surface area (Å²) < 4.78 is 27.8. The van der Waals surface area contributed by atoms with Crippen LogP contribution in [0.25, 0.3) is 0 Å². The predicted octanol–water partition coefficient (Wildman–Crippen LogP) is 0.356. The summed E-state index contributed by atoms with van der Waals surface area (Å²) in [6.45, 7) is 0. The van der Waals surface area contributed by atoms with E-state index in [1.807, 2.05) is 0 Å². The van der Waals surface area contributed by atoms with Gasteiger partial charge < -0.3 is 4.74 Å². The second kappa shape index (κ2) is 2.95. The van der Waals surface area contributed by atoms with Gasteiger partial charge in [-0.15, -0.1) is 0 Å². The average Bonchev–Trinajstić information content (AvgIpc) is 2.29. The Morgan fingerprint density at radius 3 is 2.58 bits per heavy atom. The molecule has 12 heavy (non-hydrogen) atoms. The maximum atomic E-state index is 10.9. The fourth-order valence-corrected chi connectivity index (χ4v) is 1.72. The molecule has 0 bridgehead atoms. The number of hydrogen-bond acceptors (Lipinski definition) is 4. The van der Waals surface area contributed by atoms with Gasteiger partial charge in [-0.25, -0.2) is 13.1 Å². The maximum Gasteiger partial charge on any atom is 0.268 e. The average molecular weight is 211 g/mol. The van der Waals surface area contributed by atoms with Gasteiger partial charge in [-0.2, -0.15) is 5.10 Å². The van der Waals surface area contributed by atoms with Crippen LogP contribution < -0.4 is 4.74 Å². The summed E-state index contributed by atoms with van der Waals surface area (Å²) in [6.07, 6.45) is 1.14. The zero-order valence-corrected chi connectivity index (χ0v) is 8.06. The number of methoxy groups -OCH3 is 1. The largest absolute Gasteiger partial charge is 0.480 e. The van der Waals surface area contributed by atoms with Crippen molar-refractivity contribution in [2.24, 2.45) is 7.05 Å². The van der Waals surface area contributed by atoms with Gasteiger partial charge in [0.05, 0.1) is 13.3 Å². The maximum absolute atomic E-state index is 10.9. The Labute approximate surface area is 74.3 Å². The lowest BCUT2D eigenvalue weighted by Crippen LogP contribution is -1.98. The highest BCUT2D eigenvalue weighted by molar-refractivity contribution is 8.13. The van der Waals surface area contributed by atoms with Crippen LogP contribution >= 0.6 is 10.7 Å². The molecule has 1 rings (SSSR count). The second-order valence-electron chi connectivity index (χ2n) is 2.08. The lowest BCUT2D eigenvalue weighted by molar-refractivity contribution is 0.364. The summed E-state index contributed by atoms with van der Waals surface area (Å²) in [6, 6.07) is 0. The first-order chi connectivity index (χ1) is 5.46. The van der Waals surface area contributed by atoms with Crippen molar-refractivity contribution in [3.63, 3.8) is 0 Å². The van der Waals surface area contributed by atoms with Crippen LogP contribution in [0, 0.1) is 0 Å². The number of aromatic nitrogens is 2. The van der Waals surface area contributed by atoms with Crippen molar-refractivity contribution in [2.75, 3.05) is 7.11 Å². The van der Waals surface area contributed by atoms with Crippen molar-refractivity contribution in [1.82, 2.24) is 9.78 Å². The summed E-state index contributed by atoms with van der Waals surface area (Å²) in [7, 11) is 4.24. The molecule has 5 nitrogen and oxygen atoms in total. The third-order valence-corrected chi connectivity index (χ3v) is 2.61. The number of rotatable bonds is 2. The number of ether oxygens (including phenoxy) is 1. The van der Waals surface area contributed by atoms with Gasteiger partial charge in [0.25, 0.3) is 9.05 Å². The SMILES string of the molecule is COc1c(S(=O)(=O)Cl)cnn1C. The van der Waals surface area contributed by atoms with E-state index in [4.69, 9.17) is 15.4 Å². The van der Waals surface area contributed by atoms with Crippen LogP contribution in [0.2, 0.25) is 0 Å². The minimum absolute atomic E-state index is 0.117. The zero-order valence-electron chi connectivity index (χ0n) is 6.48. The summed E-state index contributed by atoms with van der Waals surface area (Å²) >= 11 is 0. The molecule has 0 atom stereocenters. The Kier molecular flexibility index (Phi) is 2.29. The first-order valence-electron chi connectivity index (χ1n) is 2.97. The standard InChI is InChI=1S/C5H7ClN2O3S/c1-8-5(11-2)4(3-7-8)12(6,9)10/h3H,1-2H3. The van der Waals surface area contributed by atoms with E-state index >= 15 is 0 Å². The van der Waals surface area contributed by atoms with Gasteiger partial charge in [-0.05, 0) is 0 Å². The molecular formula is C5H7ClN2O3S. The van der Waals surface area contributed by atoms with Crippen molar-refractivity contribution in [3.05, 3.63) is 6.20 Å². The van der Waals surface area contributed by atoms with E-state index in [1.54, 1.807) is 7.05 Å². The molecule has 0 aliphatic heterocycles. The Morgan fingerprint density at radius 1 is 1.67 bits per heavy atom. The quantitative estimate of drug-likeness (QED) is 0.662. The van der Waals surface area contributed by atoms with Gasteiger partial charge in [-0.3, -0.25) is 0 Å². The highest BCUT2D eigenvalue weighted by atomic mass is 35.7. The first-order valence-corrected chi connectivity index (χ1v) is 5.28. The van der Waals surface area contributed by atoms with E-state index in [2.05, 4.69) is 5.10 Å². The molecule has 0 saturated heterocycles. The van der Waals surface area contributed by atoms with E-state index in [1.165, 1.54) is 11.8 Å². The van der Waals surface area contributed by atoms with Gasteiger partial charge in [0.15, 0.2) is 4.90 Å². The topological polar surface area (TPSA) is 61.2 Å². The Bertz CT molecular complexity index is 383. The first kappa shape index (κ1) is 9.34. The van der Waals surface area contributed by atoms with Crippen LogP contribution in [0.15, 0.2) is 11.1 Å². The lowest BCUT2D eigenvalue weighted by Gasteiger charge is -2.00. The molecule has 0 N–H and O–H groups in total. The van der Waals surface area contributed by atoms with E-state index < -0.39 is 9.05 Å². The summed E-state index contributed by atoms with van der Waals surface area (Å²) in [5.41, 5.74) is 0. The van der Waals surface area contributed by atoms with E-state index in [-0.39, 0.29) is 10.8 Å². The van der Waals surface area contributed by atoms with Gasteiger partial charge in [0, 0.05) is 17.7 Å². The molecule has 0 radical (unpaired) electrons. The summed E-state index contributed by atoms with van der Waals surface area (Å²) in [5.74, 6) is 0.130. The van der Waals surface area contributed by atoms with Crippen molar-refractivity contribution in [2.45, 2.75) is 4.90 Å². The third kappa shape index (κ3) is 1.54. The molecule has 0 aliphatic rings. The van der Waals surface area contributed by atoms with Gasteiger partial charge in [0.2, 0.25) is 5.88 Å². The Balaban J connectivity index is 3.36. The minimum atomic E-state index is -3.76. The molecule has 0 fully saturated rings. The van der Waals surface area contributed by atoms with E-state index in [9.17, 15) is 8.42 Å². The molecule has 0 amide bonds. The van der Waals surface area contributed by atoms with Gasteiger partial charge in [0.1, 0.15) is 0 Å². The zero-order chi connectivity index (χ0) is 9.35. The van der Waals surface area contributed by atoms with Crippen LogP contribution in [0.4, 0.5) is 0 Å². The molecule has 1 heterocycles. The fraction of sp³-hybridized carbons (Fsp3) is 0.400. The van der Waals surface area contributed by atoms with Crippen molar-refractivity contribution in [3.8, 4) is 5.88 Å². The molecule has 0 spiro atoms. The third-order valence-electron chi connectivity index (χ3n) is 1.31. The smallest absolute Gasteiger partial charge is 0.268 e. The van der Waals surface area contributed by atoms with Crippen LogP contribution in [0.1, 0.15) is 0 Å². The Morgan fingerprint density at radius 2 is 2.25 bits per heavy atom. The molecule has 0 saturated carbocycles. The summed E-state index contributed by atoms with van der Waals surface area (Å²) in [5, 5.41) is 3.68.